The van der Waals surface area contributed by atoms with Gasteiger partial charge in [0, 0.05) is 17.0 Å². The van der Waals surface area contributed by atoms with Gasteiger partial charge in [-0.15, -0.1) is 0 Å². The maximum atomic E-state index is 9.25. The van der Waals surface area contributed by atoms with Crippen LogP contribution in [0.15, 0.2) is 64.2 Å². The van der Waals surface area contributed by atoms with E-state index in [2.05, 4.69) is 12.1 Å². The van der Waals surface area contributed by atoms with Crippen LogP contribution in [0.1, 0.15) is 12.5 Å². The molecule has 0 unspecified atom stereocenters. The van der Waals surface area contributed by atoms with Gasteiger partial charge in [-0.2, -0.15) is 0 Å². The van der Waals surface area contributed by atoms with E-state index in [9.17, 15) is 5.21 Å². The van der Waals surface area contributed by atoms with Crippen LogP contribution in [0.25, 0.3) is 22.3 Å². The number of fused-ring (bicyclic) bond motifs is 1. The highest BCUT2D eigenvalue weighted by atomic mass is 16.4. The number of aryl methyl sites for hydroxylation is 1. The van der Waals surface area contributed by atoms with E-state index in [-0.39, 0.29) is 0 Å². The van der Waals surface area contributed by atoms with Crippen molar-refractivity contribution in [2.45, 2.75) is 13.3 Å². The van der Waals surface area contributed by atoms with Crippen LogP contribution >= 0.6 is 0 Å². The summed E-state index contributed by atoms with van der Waals surface area (Å²) in [5, 5.41) is 14.0. The first-order chi connectivity index (χ1) is 9.81. The Bertz CT molecular complexity index is 804. The normalized spacial score (nSPS) is 11.9. The van der Waals surface area contributed by atoms with Crippen molar-refractivity contribution >= 4 is 11.0 Å². The monoisotopic (exact) mass is 265 g/mol. The topological polar surface area (TPSA) is 45.7 Å². The van der Waals surface area contributed by atoms with Gasteiger partial charge in [0.25, 0.3) is 0 Å². The van der Waals surface area contributed by atoms with E-state index in [1.165, 1.54) is 5.56 Å². The molecule has 0 aliphatic heterocycles. The average molecular weight is 265 g/mol. The van der Waals surface area contributed by atoms with Gasteiger partial charge >= 0.3 is 0 Å². The Kier molecular flexibility index (Phi) is 3.25. The van der Waals surface area contributed by atoms with Crippen LogP contribution in [0.3, 0.4) is 0 Å². The quantitative estimate of drug-likeness (QED) is 0.563. The Hall–Kier alpha value is -2.55. The molecule has 1 aromatic heterocycles. The van der Waals surface area contributed by atoms with Crippen LogP contribution < -0.4 is 5.36 Å². The molecule has 0 bridgehead atoms. The molecule has 20 heavy (non-hydrogen) atoms. The van der Waals surface area contributed by atoms with Gasteiger partial charge in [0.05, 0.1) is 0 Å². The Morgan fingerprint density at radius 1 is 1.05 bits per heavy atom. The van der Waals surface area contributed by atoms with Crippen LogP contribution in [0, 0.1) is 0 Å². The molecule has 0 saturated heterocycles. The average Bonchev–Trinajstić information content (AvgIpc) is 2.54. The fraction of sp³-hybridized carbons (Fsp3) is 0.118. The van der Waals surface area contributed by atoms with E-state index < -0.39 is 0 Å². The summed E-state index contributed by atoms with van der Waals surface area (Å²) in [6.07, 6.45) is 0.932. The lowest BCUT2D eigenvalue weighted by molar-refractivity contribution is 0.302. The predicted molar refractivity (Wildman–Crippen MR) is 78.4 cm³/mol. The highest BCUT2D eigenvalue weighted by Gasteiger charge is 2.06. The van der Waals surface area contributed by atoms with Gasteiger partial charge in [0.2, 0.25) is 0 Å². The van der Waals surface area contributed by atoms with Crippen molar-refractivity contribution in [3.8, 4) is 11.3 Å². The van der Waals surface area contributed by atoms with Crippen molar-refractivity contribution < 1.29 is 9.62 Å². The largest absolute Gasteiger partial charge is 0.456 e. The van der Waals surface area contributed by atoms with E-state index in [4.69, 9.17) is 4.42 Å². The second-order valence-corrected chi connectivity index (χ2v) is 4.65. The van der Waals surface area contributed by atoms with E-state index in [0.29, 0.717) is 11.1 Å². The van der Waals surface area contributed by atoms with E-state index in [1.54, 1.807) is 6.07 Å². The third kappa shape index (κ3) is 2.18. The summed E-state index contributed by atoms with van der Waals surface area (Å²) in [5.41, 5.74) is 2.86. The summed E-state index contributed by atoms with van der Waals surface area (Å²) in [5.74, 6) is 0.690. The summed E-state index contributed by atoms with van der Waals surface area (Å²) < 4.78 is 5.92. The molecule has 0 atom stereocenters. The molecule has 100 valence electrons. The number of benzene rings is 2. The summed E-state index contributed by atoms with van der Waals surface area (Å²) >= 11 is 0. The Balaban J connectivity index is 2.29. The zero-order chi connectivity index (χ0) is 13.9. The van der Waals surface area contributed by atoms with Gasteiger partial charge in [-0.25, -0.2) is 0 Å². The van der Waals surface area contributed by atoms with Crippen molar-refractivity contribution in [3.63, 3.8) is 0 Å². The van der Waals surface area contributed by atoms with Crippen molar-refractivity contribution in [2.24, 2.45) is 5.16 Å². The number of rotatable bonds is 2. The Morgan fingerprint density at radius 3 is 2.55 bits per heavy atom. The van der Waals surface area contributed by atoms with Gasteiger partial charge in [-0.05, 0) is 24.1 Å². The first kappa shape index (κ1) is 12.5. The van der Waals surface area contributed by atoms with Gasteiger partial charge in [-0.1, -0.05) is 48.5 Å². The highest BCUT2D eigenvalue weighted by Crippen LogP contribution is 2.22. The summed E-state index contributed by atoms with van der Waals surface area (Å²) in [6, 6.07) is 17.5. The van der Waals surface area contributed by atoms with Crippen LogP contribution in [0.4, 0.5) is 0 Å². The van der Waals surface area contributed by atoms with Crippen LogP contribution in [-0.4, -0.2) is 5.21 Å². The molecule has 0 fully saturated rings. The molecule has 3 heteroatoms. The highest BCUT2D eigenvalue weighted by molar-refractivity contribution is 5.79. The standard InChI is InChI=1S/C17H15NO2/c1-2-12-8-9-16-14(10-12)15(18-19)11-17(20-16)13-6-4-3-5-7-13/h3-11,19H,2H2,1H3/b18-15+. The summed E-state index contributed by atoms with van der Waals surface area (Å²) in [6.45, 7) is 2.09. The van der Waals surface area contributed by atoms with Gasteiger partial charge in [0.1, 0.15) is 16.7 Å². The lowest BCUT2D eigenvalue weighted by atomic mass is 10.1. The minimum atomic E-state index is 0.528. The molecule has 0 saturated carbocycles. The van der Waals surface area contributed by atoms with Crippen LogP contribution in [-0.2, 0) is 6.42 Å². The number of nitrogens with zero attached hydrogens (tertiary/aromatic N) is 1. The van der Waals surface area contributed by atoms with Crippen molar-refractivity contribution in [3.05, 3.63) is 65.5 Å². The molecule has 0 radical (unpaired) electrons. The summed E-state index contributed by atoms with van der Waals surface area (Å²) in [4.78, 5) is 0. The molecular weight excluding hydrogens is 250 g/mol. The van der Waals surface area contributed by atoms with Gasteiger partial charge in [0.15, 0.2) is 0 Å². The molecule has 0 aliphatic carbocycles. The fourth-order valence-corrected chi connectivity index (χ4v) is 2.26. The molecule has 3 aromatic rings. The molecule has 1 N–H and O–H groups in total. The zero-order valence-corrected chi connectivity index (χ0v) is 11.2. The Morgan fingerprint density at radius 2 is 1.85 bits per heavy atom. The van der Waals surface area contributed by atoms with E-state index >= 15 is 0 Å². The SMILES string of the molecule is CCc1ccc2oc(-c3ccccc3)c/c(=N\O)c2c1. The molecule has 3 nitrogen and oxygen atoms in total. The second kappa shape index (κ2) is 5.21. The fourth-order valence-electron chi connectivity index (χ4n) is 2.26. The van der Waals surface area contributed by atoms with E-state index in [1.807, 2.05) is 48.5 Å². The molecule has 0 spiro atoms. The smallest absolute Gasteiger partial charge is 0.137 e. The van der Waals surface area contributed by atoms with Crippen LogP contribution in [0.5, 0.6) is 0 Å². The lowest BCUT2D eigenvalue weighted by Gasteiger charge is -2.05. The minimum Gasteiger partial charge on any atom is -0.456 e. The first-order valence-electron chi connectivity index (χ1n) is 6.62. The third-order valence-corrected chi connectivity index (χ3v) is 3.38. The zero-order valence-electron chi connectivity index (χ0n) is 11.2. The second-order valence-electron chi connectivity index (χ2n) is 4.65. The van der Waals surface area contributed by atoms with Crippen LogP contribution in [0.2, 0.25) is 0 Å². The van der Waals surface area contributed by atoms with Gasteiger partial charge in [-0.3, -0.25) is 0 Å². The summed E-state index contributed by atoms with van der Waals surface area (Å²) in [7, 11) is 0. The minimum absolute atomic E-state index is 0.528. The molecule has 3 rings (SSSR count). The van der Waals surface area contributed by atoms with Crippen molar-refractivity contribution in [2.75, 3.05) is 0 Å². The maximum absolute atomic E-state index is 9.25. The first-order valence-corrected chi connectivity index (χ1v) is 6.62. The predicted octanol–water partition coefficient (Wildman–Crippen LogP) is 3.95. The Labute approximate surface area is 116 Å². The van der Waals surface area contributed by atoms with E-state index in [0.717, 1.165) is 23.0 Å². The molecule has 1 heterocycles. The molecule has 0 aliphatic rings. The molecule has 2 aromatic carbocycles. The third-order valence-electron chi connectivity index (χ3n) is 3.38. The molecule has 0 amide bonds. The lowest BCUT2D eigenvalue weighted by Crippen LogP contribution is -2.03. The van der Waals surface area contributed by atoms with Gasteiger partial charge < -0.3 is 9.62 Å². The maximum Gasteiger partial charge on any atom is 0.137 e. The molecular formula is C17H15NO2. The van der Waals surface area contributed by atoms with Crippen molar-refractivity contribution in [1.82, 2.24) is 0 Å². The number of hydrogen-bond acceptors (Lipinski definition) is 3. The number of hydrogen-bond donors (Lipinski definition) is 1. The van der Waals surface area contributed by atoms with Crippen molar-refractivity contribution in [1.29, 1.82) is 0 Å².